The summed E-state index contributed by atoms with van der Waals surface area (Å²) in [5, 5.41) is 15.9. The molecule has 0 aliphatic rings. The minimum atomic E-state index is -5.15. The number of aliphatic hydroxyl groups is 1. The average molecular weight is 342 g/mol. The van der Waals surface area contributed by atoms with E-state index in [1.165, 1.54) is 20.3 Å². The monoisotopic (exact) mass is 342 g/mol. The molecular weight excluding hydrogens is 329 g/mol. The third-order valence-corrected chi connectivity index (χ3v) is 3.90. The molecule has 1 aromatic rings. The molecule has 2 atom stereocenters. The van der Waals surface area contributed by atoms with E-state index in [-0.39, 0.29) is 28.7 Å². The number of carboxylic acids is 1. The highest BCUT2D eigenvalue weighted by Crippen LogP contribution is 2.40. The molecule has 0 aliphatic carbocycles. The first-order valence-electron chi connectivity index (χ1n) is 5.68. The van der Waals surface area contributed by atoms with Gasteiger partial charge in [-0.05, 0) is 6.92 Å². The van der Waals surface area contributed by atoms with Gasteiger partial charge in [-0.15, -0.1) is 0 Å². The first-order chi connectivity index (χ1) is 10.0. The van der Waals surface area contributed by atoms with Crippen molar-refractivity contribution in [3.63, 3.8) is 0 Å². The lowest BCUT2D eigenvalue weighted by Gasteiger charge is -2.30. The minimum absolute atomic E-state index is 0.0230. The SMILES string of the molecule is COc1cc(OC)nc(SC(C(=O)O)C(C)(O)C(F)(F)F)n1. The molecule has 1 rings (SSSR count). The third-order valence-electron chi connectivity index (χ3n) is 2.61. The molecule has 1 heterocycles. The van der Waals surface area contributed by atoms with Gasteiger partial charge in [0, 0.05) is 0 Å². The number of hydrogen-bond donors (Lipinski definition) is 2. The zero-order valence-electron chi connectivity index (χ0n) is 11.7. The summed E-state index contributed by atoms with van der Waals surface area (Å²) in [6.07, 6.45) is -5.15. The van der Waals surface area contributed by atoms with E-state index in [1.807, 2.05) is 0 Å². The number of thioether (sulfide) groups is 1. The summed E-state index contributed by atoms with van der Waals surface area (Å²) in [7, 11) is 2.52. The quantitative estimate of drug-likeness (QED) is 0.590. The Hall–Kier alpha value is -1.75. The van der Waals surface area contributed by atoms with Gasteiger partial charge in [0.2, 0.25) is 11.8 Å². The number of ether oxygens (including phenoxy) is 2. The van der Waals surface area contributed by atoms with Gasteiger partial charge in [-0.1, -0.05) is 11.8 Å². The van der Waals surface area contributed by atoms with Crippen LogP contribution in [0.2, 0.25) is 0 Å². The number of rotatable bonds is 6. The molecule has 1 aromatic heterocycles. The van der Waals surface area contributed by atoms with Crippen LogP contribution in [0.3, 0.4) is 0 Å². The van der Waals surface area contributed by atoms with Crippen molar-refractivity contribution in [1.82, 2.24) is 9.97 Å². The Balaban J connectivity index is 3.20. The van der Waals surface area contributed by atoms with E-state index >= 15 is 0 Å². The van der Waals surface area contributed by atoms with Gasteiger partial charge in [-0.2, -0.15) is 23.1 Å². The van der Waals surface area contributed by atoms with Crippen molar-refractivity contribution < 1.29 is 37.7 Å². The molecule has 0 spiro atoms. The van der Waals surface area contributed by atoms with E-state index in [2.05, 4.69) is 9.97 Å². The summed E-state index contributed by atoms with van der Waals surface area (Å²) >= 11 is 0.138. The zero-order valence-corrected chi connectivity index (χ0v) is 12.5. The Morgan fingerprint density at radius 2 is 1.73 bits per heavy atom. The lowest BCUT2D eigenvalue weighted by atomic mass is 10.0. The third kappa shape index (κ3) is 3.91. The number of methoxy groups -OCH3 is 2. The summed E-state index contributed by atoms with van der Waals surface area (Å²) in [6.45, 7) is 0.371. The molecule has 2 unspecified atom stereocenters. The van der Waals surface area contributed by atoms with Gasteiger partial charge in [-0.3, -0.25) is 4.79 Å². The molecule has 0 amide bonds. The fourth-order valence-electron chi connectivity index (χ4n) is 1.31. The topological polar surface area (TPSA) is 102 Å². The molecule has 0 saturated heterocycles. The van der Waals surface area contributed by atoms with E-state index in [1.54, 1.807) is 0 Å². The Bertz CT molecular complexity index is 531. The van der Waals surface area contributed by atoms with E-state index in [0.717, 1.165) is 0 Å². The van der Waals surface area contributed by atoms with E-state index in [0.29, 0.717) is 6.92 Å². The molecule has 11 heteroatoms. The fourth-order valence-corrected chi connectivity index (χ4v) is 2.27. The van der Waals surface area contributed by atoms with Gasteiger partial charge in [0.25, 0.3) is 0 Å². The van der Waals surface area contributed by atoms with Crippen molar-refractivity contribution in [1.29, 1.82) is 0 Å². The van der Waals surface area contributed by atoms with Crippen LogP contribution < -0.4 is 9.47 Å². The van der Waals surface area contributed by atoms with Gasteiger partial charge in [-0.25, -0.2) is 0 Å². The second-order valence-corrected chi connectivity index (χ2v) is 5.29. The van der Waals surface area contributed by atoms with Crippen molar-refractivity contribution in [2.45, 2.75) is 29.1 Å². The molecule has 0 fully saturated rings. The van der Waals surface area contributed by atoms with Crippen LogP contribution in [0.1, 0.15) is 6.92 Å². The van der Waals surface area contributed by atoms with Crippen LogP contribution in [0.5, 0.6) is 11.8 Å². The number of nitrogens with zero attached hydrogens (tertiary/aromatic N) is 2. The Morgan fingerprint density at radius 3 is 2.05 bits per heavy atom. The number of halogens is 3. The highest BCUT2D eigenvalue weighted by atomic mass is 32.2. The standard InChI is InChI=1S/C11H13F3N2O5S/c1-10(19,11(12,13)14)7(8(17)18)22-9-15-5(20-2)4-6(16-9)21-3/h4,7,19H,1-3H3,(H,17,18). The second-order valence-electron chi connectivity index (χ2n) is 4.22. The highest BCUT2D eigenvalue weighted by molar-refractivity contribution is 8.00. The maximum Gasteiger partial charge on any atom is 0.418 e. The normalized spacial score (nSPS) is 15.8. The number of carboxylic acid groups (broad SMARTS) is 1. The summed E-state index contributed by atoms with van der Waals surface area (Å²) in [5.74, 6) is -1.91. The number of hydrogen-bond acceptors (Lipinski definition) is 7. The summed E-state index contributed by atoms with van der Waals surface area (Å²) < 4.78 is 48.1. The fraction of sp³-hybridized carbons (Fsp3) is 0.545. The molecule has 124 valence electrons. The predicted molar refractivity (Wildman–Crippen MR) is 69.1 cm³/mol. The average Bonchev–Trinajstić information content (AvgIpc) is 2.42. The molecule has 0 bridgehead atoms. The number of alkyl halides is 3. The molecule has 2 N–H and O–H groups in total. The van der Waals surface area contributed by atoms with Crippen molar-refractivity contribution in [3.05, 3.63) is 6.07 Å². The van der Waals surface area contributed by atoms with Gasteiger partial charge in [0.1, 0.15) is 5.25 Å². The van der Waals surface area contributed by atoms with Crippen LogP contribution in [0, 0.1) is 0 Å². The Labute approximate surface area is 127 Å². The largest absolute Gasteiger partial charge is 0.481 e. The van der Waals surface area contributed by atoms with Crippen LogP contribution in [-0.4, -0.2) is 57.4 Å². The zero-order chi connectivity index (χ0) is 17.1. The minimum Gasteiger partial charge on any atom is -0.481 e. The van der Waals surface area contributed by atoms with Crippen molar-refractivity contribution in [2.24, 2.45) is 0 Å². The first kappa shape index (κ1) is 18.3. The highest BCUT2D eigenvalue weighted by Gasteiger charge is 2.58. The van der Waals surface area contributed by atoms with Crippen LogP contribution in [0.15, 0.2) is 11.2 Å². The summed E-state index contributed by atoms with van der Waals surface area (Å²) in [4.78, 5) is 18.6. The predicted octanol–water partition coefficient (Wildman–Crippen LogP) is 1.35. The maximum absolute atomic E-state index is 12.8. The number of aromatic nitrogens is 2. The lowest BCUT2D eigenvalue weighted by Crippen LogP contribution is -2.53. The molecule has 7 nitrogen and oxygen atoms in total. The second kappa shape index (κ2) is 6.57. The molecule has 0 aromatic carbocycles. The van der Waals surface area contributed by atoms with Gasteiger partial charge >= 0.3 is 12.1 Å². The molecule has 22 heavy (non-hydrogen) atoms. The van der Waals surface area contributed by atoms with Gasteiger partial charge in [0.15, 0.2) is 10.8 Å². The van der Waals surface area contributed by atoms with Crippen LogP contribution >= 0.6 is 11.8 Å². The smallest absolute Gasteiger partial charge is 0.418 e. The van der Waals surface area contributed by atoms with Crippen molar-refractivity contribution >= 4 is 17.7 Å². The number of carbonyl (C=O) groups is 1. The molecule has 0 saturated carbocycles. The number of aliphatic carboxylic acids is 1. The lowest BCUT2D eigenvalue weighted by molar-refractivity contribution is -0.252. The molecular formula is C11H13F3N2O5S. The van der Waals surface area contributed by atoms with Gasteiger partial charge in [0.05, 0.1) is 20.3 Å². The van der Waals surface area contributed by atoms with Crippen molar-refractivity contribution in [3.8, 4) is 11.8 Å². The molecule has 0 radical (unpaired) electrons. The van der Waals surface area contributed by atoms with E-state index in [4.69, 9.17) is 14.6 Å². The summed E-state index contributed by atoms with van der Waals surface area (Å²) in [5.41, 5.74) is -3.48. The first-order valence-corrected chi connectivity index (χ1v) is 6.56. The van der Waals surface area contributed by atoms with E-state index < -0.39 is 23.0 Å². The Kier molecular flexibility index (Phi) is 5.46. The maximum atomic E-state index is 12.8. The Morgan fingerprint density at radius 1 is 1.27 bits per heavy atom. The van der Waals surface area contributed by atoms with Crippen LogP contribution in [0.25, 0.3) is 0 Å². The summed E-state index contributed by atoms with van der Waals surface area (Å²) in [6, 6.07) is 1.27. The van der Waals surface area contributed by atoms with Crippen molar-refractivity contribution in [2.75, 3.05) is 14.2 Å². The van der Waals surface area contributed by atoms with Crippen LogP contribution in [-0.2, 0) is 4.79 Å². The van der Waals surface area contributed by atoms with Gasteiger partial charge < -0.3 is 19.7 Å². The molecule has 0 aliphatic heterocycles. The van der Waals surface area contributed by atoms with Crippen LogP contribution in [0.4, 0.5) is 13.2 Å². The van der Waals surface area contributed by atoms with E-state index in [9.17, 15) is 23.1 Å².